The summed E-state index contributed by atoms with van der Waals surface area (Å²) in [5.74, 6) is -1.80. The van der Waals surface area contributed by atoms with E-state index in [1.54, 1.807) is 24.3 Å². The molecule has 3 rings (SSSR count). The molecule has 0 saturated heterocycles. The Morgan fingerprint density at radius 1 is 1.00 bits per heavy atom. The lowest BCUT2D eigenvalue weighted by Crippen LogP contribution is -2.50. The van der Waals surface area contributed by atoms with Crippen LogP contribution in [-0.4, -0.2) is 44.8 Å². The molecule has 7 nitrogen and oxygen atoms in total. The highest BCUT2D eigenvalue weighted by atomic mass is 35.5. The van der Waals surface area contributed by atoms with Crippen LogP contribution in [-0.2, 0) is 26.2 Å². The van der Waals surface area contributed by atoms with E-state index in [0.29, 0.717) is 0 Å². The number of benzene rings is 3. The number of carbonyl (C=O) groups excluding carboxylic acids is 2. The number of hydrogen-bond donors (Lipinski definition) is 1. The molecule has 0 heterocycles. The minimum atomic E-state index is -4.27. The van der Waals surface area contributed by atoms with Gasteiger partial charge in [-0.3, -0.25) is 13.9 Å². The summed E-state index contributed by atoms with van der Waals surface area (Å²) in [6.07, 6.45) is 0. The van der Waals surface area contributed by atoms with Gasteiger partial charge in [0, 0.05) is 24.2 Å². The van der Waals surface area contributed by atoms with Crippen LogP contribution in [0.5, 0.6) is 0 Å². The Morgan fingerprint density at radius 3 is 2.25 bits per heavy atom. The summed E-state index contributed by atoms with van der Waals surface area (Å²) in [4.78, 5) is 27.1. The summed E-state index contributed by atoms with van der Waals surface area (Å²) in [7, 11) is -2.86. The molecule has 0 aliphatic carbocycles. The van der Waals surface area contributed by atoms with Crippen LogP contribution < -0.4 is 9.62 Å². The first-order valence-corrected chi connectivity index (χ1v) is 13.0. The predicted molar refractivity (Wildman–Crippen MR) is 138 cm³/mol. The van der Waals surface area contributed by atoms with Crippen LogP contribution in [0.15, 0.2) is 77.7 Å². The monoisotopic (exact) mass is 551 g/mol. The van der Waals surface area contributed by atoms with Gasteiger partial charge in [-0.05, 0) is 43.3 Å². The third-order valence-electron chi connectivity index (χ3n) is 5.50. The molecular formula is C25H24Cl2FN3O4S. The Morgan fingerprint density at radius 2 is 1.64 bits per heavy atom. The molecule has 11 heteroatoms. The first-order valence-electron chi connectivity index (χ1n) is 10.8. The molecule has 0 fully saturated rings. The van der Waals surface area contributed by atoms with Gasteiger partial charge in [0.2, 0.25) is 11.8 Å². The lowest BCUT2D eigenvalue weighted by molar-refractivity contribution is -0.139. The van der Waals surface area contributed by atoms with Crippen molar-refractivity contribution in [2.24, 2.45) is 0 Å². The SMILES string of the molecule is CNC(=O)C(C)N(Cc1ccccc1F)C(=O)CN(c1ccc(Cl)cc1Cl)S(=O)(=O)c1ccccc1. The Kier molecular flexibility index (Phi) is 8.94. The number of halogens is 3. The maximum Gasteiger partial charge on any atom is 0.264 e. The van der Waals surface area contributed by atoms with Crippen molar-refractivity contribution in [3.8, 4) is 0 Å². The first-order chi connectivity index (χ1) is 17.1. The van der Waals surface area contributed by atoms with Crippen LogP contribution >= 0.6 is 23.2 Å². The zero-order chi connectivity index (χ0) is 26.5. The lowest BCUT2D eigenvalue weighted by atomic mass is 10.1. The van der Waals surface area contributed by atoms with Crippen molar-refractivity contribution in [1.82, 2.24) is 10.2 Å². The minimum absolute atomic E-state index is 0.00908. The van der Waals surface area contributed by atoms with E-state index in [2.05, 4.69) is 5.32 Å². The van der Waals surface area contributed by atoms with Crippen LogP contribution in [0.4, 0.5) is 10.1 Å². The average molecular weight is 552 g/mol. The summed E-state index contributed by atoms with van der Waals surface area (Å²) in [5.41, 5.74) is 0.195. The standard InChI is InChI=1S/C25H24Cl2FN3O4S/c1-17(25(33)29-2)30(15-18-8-6-7-11-22(18)28)24(32)16-31(23-13-12-19(26)14-21(23)27)36(34,35)20-9-4-3-5-10-20/h3-14,17H,15-16H2,1-2H3,(H,29,33). The Hall–Kier alpha value is -3.14. The van der Waals surface area contributed by atoms with E-state index in [9.17, 15) is 22.4 Å². The molecule has 2 amide bonds. The summed E-state index contributed by atoms with van der Waals surface area (Å²) in [6.45, 7) is 0.519. The molecule has 0 spiro atoms. The molecule has 1 unspecified atom stereocenters. The van der Waals surface area contributed by atoms with Crippen LogP contribution in [0, 0.1) is 5.82 Å². The molecule has 190 valence electrons. The number of hydrogen-bond acceptors (Lipinski definition) is 4. The van der Waals surface area contributed by atoms with Gasteiger partial charge in [0.25, 0.3) is 10.0 Å². The highest BCUT2D eigenvalue weighted by Crippen LogP contribution is 2.33. The molecule has 36 heavy (non-hydrogen) atoms. The molecule has 3 aromatic rings. The van der Waals surface area contributed by atoms with E-state index in [1.807, 2.05) is 0 Å². The molecule has 0 aliphatic rings. The number of sulfonamides is 1. The van der Waals surface area contributed by atoms with Crippen molar-refractivity contribution in [3.63, 3.8) is 0 Å². The molecule has 0 radical (unpaired) electrons. The predicted octanol–water partition coefficient (Wildman–Crippen LogP) is 4.49. The first kappa shape index (κ1) is 27.4. The van der Waals surface area contributed by atoms with Crippen LogP contribution in [0.1, 0.15) is 12.5 Å². The Bertz CT molecular complexity index is 1360. The van der Waals surface area contributed by atoms with E-state index in [0.717, 1.165) is 9.21 Å². The van der Waals surface area contributed by atoms with Crippen LogP contribution in [0.2, 0.25) is 10.0 Å². The van der Waals surface area contributed by atoms with Gasteiger partial charge in [0.1, 0.15) is 18.4 Å². The maximum atomic E-state index is 14.4. The molecule has 1 atom stereocenters. The highest BCUT2D eigenvalue weighted by Gasteiger charge is 2.33. The van der Waals surface area contributed by atoms with Gasteiger partial charge in [0.15, 0.2) is 0 Å². The van der Waals surface area contributed by atoms with Crippen molar-refractivity contribution < 1.29 is 22.4 Å². The number of anilines is 1. The lowest BCUT2D eigenvalue weighted by Gasteiger charge is -2.32. The average Bonchev–Trinajstić information content (AvgIpc) is 2.86. The number of carbonyl (C=O) groups is 2. The largest absolute Gasteiger partial charge is 0.357 e. The second-order valence-electron chi connectivity index (χ2n) is 7.82. The van der Waals surface area contributed by atoms with E-state index in [-0.39, 0.29) is 32.7 Å². The van der Waals surface area contributed by atoms with Gasteiger partial charge in [-0.25, -0.2) is 12.8 Å². The van der Waals surface area contributed by atoms with Gasteiger partial charge in [-0.15, -0.1) is 0 Å². The fourth-order valence-electron chi connectivity index (χ4n) is 3.52. The summed E-state index contributed by atoms with van der Waals surface area (Å²) < 4.78 is 42.5. The molecule has 0 saturated carbocycles. The number of likely N-dealkylation sites (N-methyl/N-ethyl adjacent to an activating group) is 1. The number of nitrogens with zero attached hydrogens (tertiary/aromatic N) is 2. The van der Waals surface area contributed by atoms with Crippen molar-refractivity contribution in [3.05, 3.63) is 94.2 Å². The molecular weight excluding hydrogens is 528 g/mol. The van der Waals surface area contributed by atoms with Gasteiger partial charge in [-0.2, -0.15) is 0 Å². The Labute approximate surface area is 219 Å². The fraction of sp³-hybridized carbons (Fsp3) is 0.200. The molecule has 0 aliphatic heterocycles. The van der Waals surface area contributed by atoms with Gasteiger partial charge >= 0.3 is 0 Å². The van der Waals surface area contributed by atoms with Crippen LogP contribution in [0.25, 0.3) is 0 Å². The second-order valence-corrected chi connectivity index (χ2v) is 10.5. The van der Waals surface area contributed by atoms with Crippen molar-refractivity contribution in [2.45, 2.75) is 24.4 Å². The molecule has 0 bridgehead atoms. The summed E-state index contributed by atoms with van der Waals surface area (Å²) >= 11 is 12.3. The van der Waals surface area contributed by atoms with E-state index in [4.69, 9.17) is 23.2 Å². The quantitative estimate of drug-likeness (QED) is 0.424. The Balaban J connectivity index is 2.07. The molecule has 0 aromatic heterocycles. The van der Waals surface area contributed by atoms with Crippen molar-refractivity contribution in [1.29, 1.82) is 0 Å². The normalized spacial score (nSPS) is 12.0. The zero-order valence-electron chi connectivity index (χ0n) is 19.5. The van der Waals surface area contributed by atoms with Crippen molar-refractivity contribution in [2.75, 3.05) is 17.9 Å². The minimum Gasteiger partial charge on any atom is -0.357 e. The topological polar surface area (TPSA) is 86.8 Å². The van der Waals surface area contributed by atoms with Gasteiger partial charge in [0.05, 0.1) is 15.6 Å². The fourth-order valence-corrected chi connectivity index (χ4v) is 5.53. The maximum absolute atomic E-state index is 14.4. The highest BCUT2D eigenvalue weighted by molar-refractivity contribution is 7.92. The van der Waals surface area contributed by atoms with E-state index < -0.39 is 40.2 Å². The van der Waals surface area contributed by atoms with E-state index >= 15 is 0 Å². The molecule has 1 N–H and O–H groups in total. The molecule has 3 aromatic carbocycles. The summed E-state index contributed by atoms with van der Waals surface area (Å²) in [5, 5.41) is 2.75. The zero-order valence-corrected chi connectivity index (χ0v) is 21.8. The third kappa shape index (κ3) is 6.16. The van der Waals surface area contributed by atoms with E-state index in [1.165, 1.54) is 62.5 Å². The summed E-state index contributed by atoms with van der Waals surface area (Å²) in [6, 6.07) is 16.5. The van der Waals surface area contributed by atoms with Gasteiger partial charge < -0.3 is 10.2 Å². The van der Waals surface area contributed by atoms with Crippen LogP contribution in [0.3, 0.4) is 0 Å². The number of amides is 2. The smallest absolute Gasteiger partial charge is 0.264 e. The van der Waals surface area contributed by atoms with Crippen molar-refractivity contribution >= 4 is 50.7 Å². The number of nitrogens with one attached hydrogen (secondary N) is 1. The number of rotatable bonds is 9. The third-order valence-corrected chi connectivity index (χ3v) is 7.81. The second kappa shape index (κ2) is 11.7. The van der Waals surface area contributed by atoms with Gasteiger partial charge in [-0.1, -0.05) is 59.6 Å².